The van der Waals surface area contributed by atoms with Gasteiger partial charge in [0, 0.05) is 12.0 Å². The third kappa shape index (κ3) is 3.24. The third-order valence-electron chi connectivity index (χ3n) is 4.59. The minimum Gasteiger partial charge on any atom is -0.464 e. The van der Waals surface area contributed by atoms with Gasteiger partial charge < -0.3 is 15.0 Å². The second-order valence-electron chi connectivity index (χ2n) is 6.50. The van der Waals surface area contributed by atoms with E-state index in [1.54, 1.807) is 0 Å². The van der Waals surface area contributed by atoms with Gasteiger partial charge in [-0.05, 0) is 12.1 Å². The maximum absolute atomic E-state index is 13.9. The highest BCUT2D eigenvalue weighted by Crippen LogP contribution is 2.34. The number of rotatable bonds is 3. The topological polar surface area (TPSA) is 101 Å². The van der Waals surface area contributed by atoms with E-state index in [2.05, 4.69) is 15.3 Å². The van der Waals surface area contributed by atoms with Crippen molar-refractivity contribution in [3.63, 3.8) is 0 Å². The third-order valence-corrected chi connectivity index (χ3v) is 4.95. The first kappa shape index (κ1) is 20.1. The molecular formula is C18H10ClF4N3O4. The summed E-state index contributed by atoms with van der Waals surface area (Å²) in [5.74, 6) is -3.96. The number of nitrogens with one attached hydrogen (secondary N) is 2. The number of aromatic amines is 1. The highest BCUT2D eigenvalue weighted by Gasteiger charge is 2.39. The number of imidazole rings is 1. The standard InChI is InChI=1S/C18H10ClF4N3O4/c19-10-11(24-9-3-4-30-17(9)29)15(28)13-12(14(10)27)25-16(26-13)6-1-2-7(8(20)5-6)18(21,22)23/h1-2,5,9,24H,3-4H2,(H,25,26)/t9-/m0/s1. The van der Waals surface area contributed by atoms with Crippen molar-refractivity contribution in [2.75, 3.05) is 6.61 Å². The van der Waals surface area contributed by atoms with Crippen LogP contribution in [0.3, 0.4) is 0 Å². The summed E-state index contributed by atoms with van der Waals surface area (Å²) in [6.45, 7) is 0.140. The molecule has 1 atom stereocenters. The summed E-state index contributed by atoms with van der Waals surface area (Å²) in [7, 11) is 0. The first-order chi connectivity index (χ1) is 14.1. The zero-order valence-corrected chi connectivity index (χ0v) is 15.4. The van der Waals surface area contributed by atoms with Gasteiger partial charge in [-0.2, -0.15) is 13.2 Å². The van der Waals surface area contributed by atoms with Crippen LogP contribution in [0.15, 0.2) is 28.9 Å². The highest BCUT2D eigenvalue weighted by molar-refractivity contribution is 6.49. The molecule has 1 fully saturated rings. The molecule has 1 saturated heterocycles. The van der Waals surface area contributed by atoms with Gasteiger partial charge in [0.1, 0.15) is 39.8 Å². The zero-order valence-electron chi connectivity index (χ0n) is 14.7. The van der Waals surface area contributed by atoms with Crippen LogP contribution < -0.4 is 5.32 Å². The molecule has 2 aliphatic rings. The van der Waals surface area contributed by atoms with Crippen LogP contribution >= 0.6 is 11.6 Å². The summed E-state index contributed by atoms with van der Waals surface area (Å²) in [5.41, 5.74) is -2.56. The molecule has 30 heavy (non-hydrogen) atoms. The van der Waals surface area contributed by atoms with Crippen LogP contribution in [0.2, 0.25) is 0 Å². The van der Waals surface area contributed by atoms with Crippen LogP contribution in [0.25, 0.3) is 11.4 Å². The first-order valence-electron chi connectivity index (χ1n) is 8.47. The molecule has 2 aromatic rings. The number of halogens is 5. The summed E-state index contributed by atoms with van der Waals surface area (Å²) in [5, 5.41) is 2.10. The molecule has 1 aromatic heterocycles. The maximum Gasteiger partial charge on any atom is 0.419 e. The van der Waals surface area contributed by atoms with E-state index < -0.39 is 46.2 Å². The molecule has 12 heteroatoms. The molecule has 0 radical (unpaired) electrons. The Kier molecular flexibility index (Phi) is 4.64. The molecular weight excluding hydrogens is 434 g/mol. The van der Waals surface area contributed by atoms with Crippen molar-refractivity contribution in [1.29, 1.82) is 0 Å². The van der Waals surface area contributed by atoms with Crippen molar-refractivity contribution in [3.05, 3.63) is 51.7 Å². The van der Waals surface area contributed by atoms with E-state index in [0.717, 1.165) is 6.07 Å². The maximum atomic E-state index is 13.9. The summed E-state index contributed by atoms with van der Waals surface area (Å²) >= 11 is 6.00. The summed E-state index contributed by atoms with van der Waals surface area (Å²) < 4.78 is 56.9. The number of H-pyrrole nitrogens is 1. The number of ether oxygens (including phenoxy) is 1. The number of aromatic nitrogens is 2. The molecule has 7 nitrogen and oxygen atoms in total. The molecule has 0 saturated carbocycles. The SMILES string of the molecule is O=C1C(N[C@H]2CCOC2=O)=C(Cl)C(=O)c2[nH]c(-c3ccc(C(F)(F)F)c(F)c3)nc21. The number of Topliss-reactive ketones (excluding diaryl/α,β-unsaturated/α-hetero) is 2. The molecule has 0 amide bonds. The van der Waals surface area contributed by atoms with Gasteiger partial charge in [-0.3, -0.25) is 9.59 Å². The van der Waals surface area contributed by atoms with Crippen molar-refractivity contribution < 1.29 is 36.7 Å². The Morgan fingerprint density at radius 1 is 1.20 bits per heavy atom. The van der Waals surface area contributed by atoms with E-state index in [4.69, 9.17) is 16.3 Å². The fraction of sp³-hybridized carbons (Fsp3) is 0.222. The van der Waals surface area contributed by atoms with Crippen LogP contribution in [0.1, 0.15) is 33.0 Å². The molecule has 1 aliphatic carbocycles. The molecule has 1 aliphatic heterocycles. The Bertz CT molecular complexity index is 1140. The molecule has 0 spiro atoms. The first-order valence-corrected chi connectivity index (χ1v) is 8.85. The van der Waals surface area contributed by atoms with Gasteiger partial charge in [-0.15, -0.1) is 0 Å². The van der Waals surface area contributed by atoms with Crippen LogP contribution in [0.4, 0.5) is 17.6 Å². The van der Waals surface area contributed by atoms with Crippen LogP contribution in [0.5, 0.6) is 0 Å². The predicted octanol–water partition coefficient (Wildman–Crippen LogP) is 2.97. The van der Waals surface area contributed by atoms with Crippen molar-refractivity contribution in [2.45, 2.75) is 18.6 Å². The van der Waals surface area contributed by atoms with Gasteiger partial charge in [-0.25, -0.2) is 14.2 Å². The van der Waals surface area contributed by atoms with Gasteiger partial charge in [0.2, 0.25) is 11.6 Å². The van der Waals surface area contributed by atoms with Gasteiger partial charge >= 0.3 is 12.1 Å². The fourth-order valence-electron chi connectivity index (χ4n) is 3.10. The van der Waals surface area contributed by atoms with Crippen LogP contribution in [-0.2, 0) is 15.7 Å². The minimum atomic E-state index is -4.88. The summed E-state index contributed by atoms with van der Waals surface area (Å²) in [4.78, 5) is 43.3. The molecule has 1 aromatic carbocycles. The number of esters is 1. The largest absolute Gasteiger partial charge is 0.464 e. The van der Waals surface area contributed by atoms with Gasteiger partial charge in [0.15, 0.2) is 0 Å². The van der Waals surface area contributed by atoms with E-state index in [-0.39, 0.29) is 41.5 Å². The average molecular weight is 444 g/mol. The summed E-state index contributed by atoms with van der Waals surface area (Å²) in [6, 6.07) is 1.20. The van der Waals surface area contributed by atoms with Gasteiger partial charge in [0.05, 0.1) is 12.2 Å². The number of fused-ring (bicyclic) bond motifs is 1. The normalized spacial score (nSPS) is 19.2. The number of ketones is 2. The van der Waals surface area contributed by atoms with Crippen molar-refractivity contribution >= 4 is 29.1 Å². The second-order valence-corrected chi connectivity index (χ2v) is 6.88. The Balaban J connectivity index is 1.69. The molecule has 0 bridgehead atoms. The molecule has 0 unspecified atom stereocenters. The Hall–Kier alpha value is -3.21. The minimum absolute atomic E-state index is 0.111. The Morgan fingerprint density at radius 2 is 1.93 bits per heavy atom. The number of carbonyl (C=O) groups excluding carboxylic acids is 3. The Labute approximate surface area is 170 Å². The quantitative estimate of drug-likeness (QED) is 0.559. The smallest absolute Gasteiger partial charge is 0.419 e. The van der Waals surface area contributed by atoms with Crippen molar-refractivity contribution in [1.82, 2.24) is 15.3 Å². The molecule has 2 heterocycles. The number of allylic oxidation sites excluding steroid dienone is 2. The van der Waals surface area contributed by atoms with E-state index >= 15 is 0 Å². The van der Waals surface area contributed by atoms with Gasteiger partial charge in [-0.1, -0.05) is 17.7 Å². The van der Waals surface area contributed by atoms with Crippen molar-refractivity contribution in [2.24, 2.45) is 0 Å². The number of alkyl halides is 3. The lowest BCUT2D eigenvalue weighted by atomic mass is 10.0. The van der Waals surface area contributed by atoms with E-state index in [0.29, 0.717) is 12.1 Å². The van der Waals surface area contributed by atoms with E-state index in [1.165, 1.54) is 0 Å². The fourth-order valence-corrected chi connectivity index (χ4v) is 3.34. The lowest BCUT2D eigenvalue weighted by Crippen LogP contribution is -2.38. The van der Waals surface area contributed by atoms with E-state index in [1.807, 2.05) is 0 Å². The molecule has 4 rings (SSSR count). The number of benzene rings is 1. The zero-order chi connectivity index (χ0) is 21.8. The number of carbonyl (C=O) groups is 3. The second kappa shape index (κ2) is 6.94. The average Bonchev–Trinajstić information content (AvgIpc) is 3.29. The number of hydrogen-bond acceptors (Lipinski definition) is 6. The Morgan fingerprint density at radius 3 is 2.53 bits per heavy atom. The number of cyclic esters (lactones) is 1. The molecule has 2 N–H and O–H groups in total. The number of hydrogen-bond donors (Lipinski definition) is 2. The van der Waals surface area contributed by atoms with E-state index in [9.17, 15) is 31.9 Å². The lowest BCUT2D eigenvalue weighted by Gasteiger charge is -2.17. The summed E-state index contributed by atoms with van der Waals surface area (Å²) in [6.07, 6.45) is -4.62. The van der Waals surface area contributed by atoms with Crippen molar-refractivity contribution in [3.8, 4) is 11.4 Å². The highest BCUT2D eigenvalue weighted by atomic mass is 35.5. The predicted molar refractivity (Wildman–Crippen MR) is 93.0 cm³/mol. The van der Waals surface area contributed by atoms with Crippen LogP contribution in [-0.4, -0.2) is 40.2 Å². The van der Waals surface area contributed by atoms with Crippen LogP contribution in [0, 0.1) is 5.82 Å². The number of nitrogens with zero attached hydrogens (tertiary/aromatic N) is 1. The lowest BCUT2D eigenvalue weighted by molar-refractivity contribution is -0.140. The molecule has 156 valence electrons. The monoisotopic (exact) mass is 443 g/mol. The van der Waals surface area contributed by atoms with Gasteiger partial charge in [0.25, 0.3) is 0 Å².